The van der Waals surface area contributed by atoms with Gasteiger partial charge in [-0.1, -0.05) is 19.9 Å². The molecule has 0 unspecified atom stereocenters. The molecule has 0 amide bonds. The monoisotopic (exact) mass is 378 g/mol. The maximum absolute atomic E-state index is 12.4. The van der Waals surface area contributed by atoms with Crippen LogP contribution in [0, 0.1) is 5.92 Å². The minimum absolute atomic E-state index is 0.304. The molecule has 7 heteroatoms. The first-order chi connectivity index (χ1) is 12.4. The zero-order valence-corrected chi connectivity index (χ0v) is 16.7. The van der Waals surface area contributed by atoms with E-state index >= 15 is 0 Å². The lowest BCUT2D eigenvalue weighted by Gasteiger charge is -2.30. The molecule has 2 rings (SSSR count). The molecule has 0 spiro atoms. The van der Waals surface area contributed by atoms with Gasteiger partial charge < -0.3 is 24.8 Å². The molecule has 0 fully saturated rings. The molecule has 1 aromatic carbocycles. The Morgan fingerprint density at radius 1 is 1.31 bits per heavy atom. The topological polar surface area (TPSA) is 68.8 Å². The van der Waals surface area contributed by atoms with Gasteiger partial charge in [0.25, 0.3) is 0 Å². The number of allylic oxidation sites excluding steroid dienone is 1. The fourth-order valence-corrected chi connectivity index (χ4v) is 2.93. The number of thiocarbonyl (C=S) groups is 1. The standard InChI is InChI=1S/C19H26N2O4S/c1-6-24-18(22)16-12(4)20-19(26)21-17(16)13-7-8-14(15(9-13)23-5)25-10-11(2)3/h7-9,11,17H,6,10H2,1-5H3,(H2,20,21,26)/t17-/m1/s1. The summed E-state index contributed by atoms with van der Waals surface area (Å²) < 4.78 is 16.5. The third kappa shape index (κ3) is 4.66. The number of carbonyl (C=O) groups is 1. The highest BCUT2D eigenvalue weighted by molar-refractivity contribution is 7.80. The minimum Gasteiger partial charge on any atom is -0.493 e. The molecule has 26 heavy (non-hydrogen) atoms. The average molecular weight is 378 g/mol. The van der Waals surface area contributed by atoms with Crippen molar-refractivity contribution in [2.45, 2.75) is 33.7 Å². The van der Waals surface area contributed by atoms with E-state index in [0.717, 1.165) is 5.56 Å². The van der Waals surface area contributed by atoms with Crippen LogP contribution < -0.4 is 20.1 Å². The molecule has 0 aliphatic carbocycles. The summed E-state index contributed by atoms with van der Waals surface area (Å²) in [6, 6.07) is 5.18. The number of carbonyl (C=O) groups excluding carboxylic acids is 1. The predicted molar refractivity (Wildman–Crippen MR) is 104 cm³/mol. The molecule has 1 aliphatic heterocycles. The summed E-state index contributed by atoms with van der Waals surface area (Å²) in [5.41, 5.74) is 2.01. The van der Waals surface area contributed by atoms with Crippen LogP contribution in [-0.2, 0) is 9.53 Å². The first kappa shape index (κ1) is 20.0. The van der Waals surface area contributed by atoms with Crippen LogP contribution in [0.2, 0.25) is 0 Å². The van der Waals surface area contributed by atoms with Crippen molar-refractivity contribution < 1.29 is 19.0 Å². The van der Waals surface area contributed by atoms with Crippen LogP contribution in [-0.4, -0.2) is 31.4 Å². The van der Waals surface area contributed by atoms with E-state index in [1.807, 2.05) is 25.1 Å². The number of esters is 1. The van der Waals surface area contributed by atoms with Crippen molar-refractivity contribution in [2.24, 2.45) is 5.92 Å². The van der Waals surface area contributed by atoms with E-state index in [0.29, 0.717) is 47.0 Å². The van der Waals surface area contributed by atoms with Crippen molar-refractivity contribution in [3.05, 3.63) is 35.0 Å². The van der Waals surface area contributed by atoms with Gasteiger partial charge in [0.2, 0.25) is 0 Å². The second-order valence-electron chi connectivity index (χ2n) is 6.41. The van der Waals surface area contributed by atoms with Crippen LogP contribution in [0.5, 0.6) is 11.5 Å². The van der Waals surface area contributed by atoms with E-state index in [2.05, 4.69) is 24.5 Å². The molecular formula is C19H26N2O4S. The van der Waals surface area contributed by atoms with E-state index in [9.17, 15) is 4.79 Å². The Hall–Kier alpha value is -2.28. The lowest BCUT2D eigenvalue weighted by atomic mass is 9.95. The highest BCUT2D eigenvalue weighted by Gasteiger charge is 2.31. The smallest absolute Gasteiger partial charge is 0.338 e. The van der Waals surface area contributed by atoms with Crippen LogP contribution in [0.3, 0.4) is 0 Å². The third-order valence-corrected chi connectivity index (χ3v) is 4.08. The maximum Gasteiger partial charge on any atom is 0.338 e. The van der Waals surface area contributed by atoms with E-state index in [4.69, 9.17) is 26.4 Å². The van der Waals surface area contributed by atoms with Gasteiger partial charge in [-0.25, -0.2) is 4.79 Å². The van der Waals surface area contributed by atoms with Crippen molar-refractivity contribution in [3.8, 4) is 11.5 Å². The van der Waals surface area contributed by atoms with Crippen molar-refractivity contribution >= 4 is 23.3 Å². The Bertz CT molecular complexity index is 715. The summed E-state index contributed by atoms with van der Waals surface area (Å²) in [5.74, 6) is 1.30. The molecule has 142 valence electrons. The van der Waals surface area contributed by atoms with E-state index in [1.54, 1.807) is 14.0 Å². The maximum atomic E-state index is 12.4. The number of nitrogens with one attached hydrogen (secondary N) is 2. The van der Waals surface area contributed by atoms with Gasteiger partial charge in [-0.15, -0.1) is 0 Å². The highest BCUT2D eigenvalue weighted by Crippen LogP contribution is 2.34. The molecule has 1 atom stereocenters. The summed E-state index contributed by atoms with van der Waals surface area (Å²) in [7, 11) is 1.59. The van der Waals surface area contributed by atoms with E-state index in [-0.39, 0.29) is 5.97 Å². The van der Waals surface area contributed by atoms with Crippen LogP contribution in [0.15, 0.2) is 29.5 Å². The lowest BCUT2D eigenvalue weighted by Crippen LogP contribution is -2.45. The molecular weight excluding hydrogens is 352 g/mol. The second kappa shape index (κ2) is 8.89. The molecule has 0 saturated carbocycles. The van der Waals surface area contributed by atoms with Crippen molar-refractivity contribution in [1.82, 2.24) is 10.6 Å². The molecule has 0 bridgehead atoms. The first-order valence-corrected chi connectivity index (χ1v) is 9.04. The van der Waals surface area contributed by atoms with Gasteiger partial charge in [-0.05, 0) is 49.7 Å². The van der Waals surface area contributed by atoms with Gasteiger partial charge in [0.15, 0.2) is 16.6 Å². The second-order valence-corrected chi connectivity index (χ2v) is 6.81. The molecule has 0 radical (unpaired) electrons. The van der Waals surface area contributed by atoms with Crippen molar-refractivity contribution in [2.75, 3.05) is 20.3 Å². The van der Waals surface area contributed by atoms with E-state index in [1.165, 1.54) is 0 Å². The first-order valence-electron chi connectivity index (χ1n) is 8.63. The summed E-state index contributed by atoms with van der Waals surface area (Å²) in [6.07, 6.45) is 0. The van der Waals surface area contributed by atoms with Crippen molar-refractivity contribution in [1.29, 1.82) is 0 Å². The summed E-state index contributed by atoms with van der Waals surface area (Å²) in [5, 5.41) is 6.58. The number of hydrogen-bond acceptors (Lipinski definition) is 5. The van der Waals surface area contributed by atoms with Gasteiger partial charge in [0.1, 0.15) is 0 Å². The SMILES string of the molecule is CCOC(=O)C1=C(C)NC(=S)N[C@@H]1c1ccc(OCC(C)C)c(OC)c1. The van der Waals surface area contributed by atoms with Gasteiger partial charge in [-0.2, -0.15) is 0 Å². The Morgan fingerprint density at radius 2 is 2.04 bits per heavy atom. The minimum atomic E-state index is -0.421. The van der Waals surface area contributed by atoms with Crippen molar-refractivity contribution in [3.63, 3.8) is 0 Å². The van der Waals surface area contributed by atoms with Crippen LogP contribution in [0.25, 0.3) is 0 Å². The third-order valence-electron chi connectivity index (χ3n) is 3.86. The molecule has 1 aliphatic rings. The molecule has 6 nitrogen and oxygen atoms in total. The Labute approximate surface area is 159 Å². The van der Waals surface area contributed by atoms with Gasteiger partial charge in [0, 0.05) is 5.70 Å². The summed E-state index contributed by atoms with van der Waals surface area (Å²) in [6.45, 7) is 8.65. The molecule has 1 heterocycles. The summed E-state index contributed by atoms with van der Waals surface area (Å²) in [4.78, 5) is 12.4. The van der Waals surface area contributed by atoms with Gasteiger partial charge >= 0.3 is 5.97 Å². The van der Waals surface area contributed by atoms with E-state index < -0.39 is 6.04 Å². The van der Waals surface area contributed by atoms with Crippen LogP contribution >= 0.6 is 12.2 Å². The Balaban J connectivity index is 2.39. The molecule has 0 aromatic heterocycles. The zero-order valence-electron chi connectivity index (χ0n) is 15.8. The highest BCUT2D eigenvalue weighted by atomic mass is 32.1. The Kier molecular flexibility index (Phi) is 6.85. The summed E-state index contributed by atoms with van der Waals surface area (Å²) >= 11 is 5.26. The van der Waals surface area contributed by atoms with Gasteiger partial charge in [0.05, 0.1) is 31.9 Å². The number of benzene rings is 1. The number of methoxy groups -OCH3 is 1. The number of ether oxygens (including phenoxy) is 3. The molecule has 1 aromatic rings. The Morgan fingerprint density at radius 3 is 2.65 bits per heavy atom. The molecule has 0 saturated heterocycles. The lowest BCUT2D eigenvalue weighted by molar-refractivity contribution is -0.139. The number of rotatable bonds is 7. The number of hydrogen-bond donors (Lipinski definition) is 2. The fourth-order valence-electron chi connectivity index (χ4n) is 2.66. The normalized spacial score (nSPS) is 16.8. The van der Waals surface area contributed by atoms with Crippen LogP contribution in [0.4, 0.5) is 0 Å². The van der Waals surface area contributed by atoms with Crippen LogP contribution in [0.1, 0.15) is 39.3 Å². The zero-order chi connectivity index (χ0) is 19.3. The molecule has 2 N–H and O–H groups in total. The predicted octanol–water partition coefficient (Wildman–Crippen LogP) is 3.09. The fraction of sp³-hybridized carbons (Fsp3) is 0.474. The quantitative estimate of drug-likeness (QED) is 0.558. The van der Waals surface area contributed by atoms with Gasteiger partial charge in [-0.3, -0.25) is 0 Å². The average Bonchev–Trinajstić information content (AvgIpc) is 2.59. The largest absolute Gasteiger partial charge is 0.493 e.